The number of methoxy groups -OCH3 is 1. The van der Waals surface area contributed by atoms with Gasteiger partial charge in [0, 0.05) is 19.5 Å². The molecule has 27 heavy (non-hydrogen) atoms. The molecule has 1 amide bonds. The van der Waals surface area contributed by atoms with Gasteiger partial charge in [-0.3, -0.25) is 4.79 Å². The molecule has 1 unspecified atom stereocenters. The largest absolute Gasteiger partial charge is 0.497 e. The van der Waals surface area contributed by atoms with Crippen LogP contribution in [0.4, 0.5) is 0 Å². The molecule has 1 aromatic heterocycles. The van der Waals surface area contributed by atoms with Gasteiger partial charge < -0.3 is 14.6 Å². The van der Waals surface area contributed by atoms with Crippen LogP contribution in [0.15, 0.2) is 48.5 Å². The van der Waals surface area contributed by atoms with E-state index >= 15 is 0 Å². The number of nitrogens with one attached hydrogen (secondary N) is 1. The summed E-state index contributed by atoms with van der Waals surface area (Å²) in [7, 11) is 1.65. The number of aryl methyl sites for hydroxylation is 2. The van der Waals surface area contributed by atoms with Crippen molar-refractivity contribution in [3.63, 3.8) is 0 Å². The molecule has 0 bridgehead atoms. The Morgan fingerprint density at radius 2 is 1.93 bits per heavy atom. The average molecular weight is 365 g/mol. The molecule has 0 saturated carbocycles. The van der Waals surface area contributed by atoms with E-state index in [-0.39, 0.29) is 11.8 Å². The second-order valence-electron chi connectivity index (χ2n) is 6.88. The molecule has 0 saturated heterocycles. The molecule has 5 heteroatoms. The maximum absolute atomic E-state index is 12.2. The van der Waals surface area contributed by atoms with Crippen LogP contribution >= 0.6 is 0 Å². The van der Waals surface area contributed by atoms with E-state index in [4.69, 9.17) is 4.74 Å². The Morgan fingerprint density at radius 1 is 1.19 bits per heavy atom. The van der Waals surface area contributed by atoms with Crippen LogP contribution in [0.25, 0.3) is 11.0 Å². The highest BCUT2D eigenvalue weighted by Gasteiger charge is 2.11. The monoisotopic (exact) mass is 365 g/mol. The van der Waals surface area contributed by atoms with E-state index in [1.54, 1.807) is 7.11 Å². The lowest BCUT2D eigenvalue weighted by Crippen LogP contribution is -2.26. The summed E-state index contributed by atoms with van der Waals surface area (Å²) in [4.78, 5) is 16.8. The normalized spacial score (nSPS) is 12.1. The minimum Gasteiger partial charge on any atom is -0.497 e. The van der Waals surface area contributed by atoms with E-state index in [1.807, 2.05) is 49.4 Å². The number of para-hydroxylation sites is 2. The second-order valence-corrected chi connectivity index (χ2v) is 6.88. The highest BCUT2D eigenvalue weighted by molar-refractivity contribution is 5.77. The fourth-order valence-corrected chi connectivity index (χ4v) is 3.34. The lowest BCUT2D eigenvalue weighted by Gasteiger charge is -2.13. The van der Waals surface area contributed by atoms with Crippen molar-refractivity contribution in [1.29, 1.82) is 0 Å². The number of amides is 1. The molecular weight excluding hydrogens is 338 g/mol. The number of benzene rings is 2. The SMILES string of the molecule is COc1ccc(C(C)CC(=O)NCCCn2c(C)nc3ccccc32)cc1. The van der Waals surface area contributed by atoms with Gasteiger partial charge in [0.2, 0.25) is 5.91 Å². The second kappa shape index (κ2) is 8.71. The third kappa shape index (κ3) is 4.67. The van der Waals surface area contributed by atoms with Gasteiger partial charge in [-0.15, -0.1) is 0 Å². The molecule has 0 radical (unpaired) electrons. The Morgan fingerprint density at radius 3 is 2.67 bits per heavy atom. The first-order valence-corrected chi connectivity index (χ1v) is 9.41. The number of carbonyl (C=O) groups excluding carboxylic acids is 1. The Bertz CT molecular complexity index is 900. The van der Waals surface area contributed by atoms with Crippen LogP contribution in [0.2, 0.25) is 0 Å². The van der Waals surface area contributed by atoms with E-state index in [2.05, 4.69) is 27.9 Å². The number of ether oxygens (including phenoxy) is 1. The Labute approximate surface area is 160 Å². The molecule has 0 fully saturated rings. The molecule has 0 aliphatic heterocycles. The van der Waals surface area contributed by atoms with Crippen LogP contribution in [0, 0.1) is 6.92 Å². The molecule has 2 aromatic carbocycles. The number of fused-ring (bicyclic) bond motifs is 1. The van der Waals surface area contributed by atoms with E-state index in [0.29, 0.717) is 13.0 Å². The Hall–Kier alpha value is -2.82. The molecule has 3 aromatic rings. The predicted molar refractivity (Wildman–Crippen MR) is 108 cm³/mol. The maximum atomic E-state index is 12.2. The summed E-state index contributed by atoms with van der Waals surface area (Å²) in [6.07, 6.45) is 1.36. The number of nitrogens with zero attached hydrogens (tertiary/aromatic N) is 2. The predicted octanol–water partition coefficient (Wildman–Crippen LogP) is 4.05. The fourth-order valence-electron chi connectivity index (χ4n) is 3.34. The molecular formula is C22H27N3O2. The first-order chi connectivity index (χ1) is 13.1. The van der Waals surface area contributed by atoms with E-state index < -0.39 is 0 Å². The van der Waals surface area contributed by atoms with Gasteiger partial charge in [0.1, 0.15) is 11.6 Å². The van der Waals surface area contributed by atoms with Crippen LogP contribution < -0.4 is 10.1 Å². The third-order valence-electron chi connectivity index (χ3n) is 4.90. The molecule has 0 aliphatic carbocycles. The van der Waals surface area contributed by atoms with Crippen molar-refractivity contribution >= 4 is 16.9 Å². The van der Waals surface area contributed by atoms with Gasteiger partial charge in [-0.25, -0.2) is 4.98 Å². The van der Waals surface area contributed by atoms with Crippen LogP contribution in [-0.2, 0) is 11.3 Å². The fraction of sp³-hybridized carbons (Fsp3) is 0.364. The van der Waals surface area contributed by atoms with Crippen LogP contribution in [0.3, 0.4) is 0 Å². The Kier molecular flexibility index (Phi) is 6.12. The van der Waals surface area contributed by atoms with Crippen molar-refractivity contribution in [3.05, 3.63) is 59.9 Å². The van der Waals surface area contributed by atoms with Gasteiger partial charge in [0.05, 0.1) is 18.1 Å². The molecule has 1 heterocycles. The van der Waals surface area contributed by atoms with Crippen molar-refractivity contribution in [2.75, 3.05) is 13.7 Å². The quantitative estimate of drug-likeness (QED) is 0.613. The zero-order chi connectivity index (χ0) is 19.2. The minimum absolute atomic E-state index is 0.0885. The van der Waals surface area contributed by atoms with Gasteiger partial charge in [0.15, 0.2) is 0 Å². The van der Waals surface area contributed by atoms with Crippen molar-refractivity contribution in [1.82, 2.24) is 14.9 Å². The van der Waals surface area contributed by atoms with Gasteiger partial charge in [-0.05, 0) is 49.1 Å². The number of rotatable bonds is 8. The van der Waals surface area contributed by atoms with Crippen molar-refractivity contribution < 1.29 is 9.53 Å². The third-order valence-corrected chi connectivity index (χ3v) is 4.90. The molecule has 0 aliphatic rings. The summed E-state index contributed by atoms with van der Waals surface area (Å²) in [6, 6.07) is 16.0. The molecule has 142 valence electrons. The summed E-state index contributed by atoms with van der Waals surface area (Å²) in [6.45, 7) is 5.61. The lowest BCUT2D eigenvalue weighted by atomic mass is 9.97. The highest BCUT2D eigenvalue weighted by Crippen LogP contribution is 2.21. The summed E-state index contributed by atoms with van der Waals surface area (Å²) in [5.74, 6) is 2.11. The molecule has 1 N–H and O–H groups in total. The molecule has 0 spiro atoms. The van der Waals surface area contributed by atoms with Crippen molar-refractivity contribution in [2.24, 2.45) is 0 Å². The van der Waals surface area contributed by atoms with Gasteiger partial charge >= 0.3 is 0 Å². The number of hydrogen-bond acceptors (Lipinski definition) is 3. The van der Waals surface area contributed by atoms with Crippen LogP contribution in [0.1, 0.15) is 37.1 Å². The van der Waals surface area contributed by atoms with E-state index in [9.17, 15) is 4.79 Å². The van der Waals surface area contributed by atoms with Gasteiger partial charge in [0.25, 0.3) is 0 Å². The zero-order valence-corrected chi connectivity index (χ0v) is 16.2. The summed E-state index contributed by atoms with van der Waals surface area (Å²) in [5, 5.41) is 3.04. The van der Waals surface area contributed by atoms with Crippen LogP contribution in [-0.4, -0.2) is 29.1 Å². The van der Waals surface area contributed by atoms with E-state index in [0.717, 1.165) is 41.1 Å². The maximum Gasteiger partial charge on any atom is 0.220 e. The van der Waals surface area contributed by atoms with Gasteiger partial charge in [-0.1, -0.05) is 31.2 Å². The van der Waals surface area contributed by atoms with Gasteiger partial charge in [-0.2, -0.15) is 0 Å². The lowest BCUT2D eigenvalue weighted by molar-refractivity contribution is -0.121. The first-order valence-electron chi connectivity index (χ1n) is 9.41. The molecule has 5 nitrogen and oxygen atoms in total. The first kappa shape index (κ1) is 19.0. The topological polar surface area (TPSA) is 56.1 Å². The van der Waals surface area contributed by atoms with Crippen molar-refractivity contribution in [2.45, 2.75) is 39.2 Å². The number of carbonyl (C=O) groups is 1. The minimum atomic E-state index is 0.0885. The van der Waals surface area contributed by atoms with E-state index in [1.165, 1.54) is 0 Å². The molecule has 3 rings (SSSR count). The highest BCUT2D eigenvalue weighted by atomic mass is 16.5. The summed E-state index contributed by atoms with van der Waals surface area (Å²) < 4.78 is 7.39. The number of hydrogen-bond donors (Lipinski definition) is 1. The number of aromatic nitrogens is 2. The van der Waals surface area contributed by atoms with Crippen LogP contribution in [0.5, 0.6) is 5.75 Å². The summed E-state index contributed by atoms with van der Waals surface area (Å²) in [5.41, 5.74) is 3.31. The standard InChI is InChI=1S/C22H27N3O2/c1-16(18-9-11-19(27-3)12-10-18)15-22(26)23-13-6-14-25-17(2)24-20-7-4-5-8-21(20)25/h4-5,7-12,16H,6,13-15H2,1-3H3,(H,23,26). The molecule has 1 atom stereocenters. The van der Waals surface area contributed by atoms with Crippen molar-refractivity contribution in [3.8, 4) is 5.75 Å². The average Bonchev–Trinajstić information content (AvgIpc) is 3.00. The number of imidazole rings is 1. The summed E-state index contributed by atoms with van der Waals surface area (Å²) >= 11 is 0. The smallest absolute Gasteiger partial charge is 0.220 e. The zero-order valence-electron chi connectivity index (χ0n) is 16.2. The Balaban J connectivity index is 1.45.